The van der Waals surface area contributed by atoms with E-state index in [1.54, 1.807) is 6.92 Å². The van der Waals surface area contributed by atoms with E-state index < -0.39 is 11.9 Å². The second-order valence-corrected chi connectivity index (χ2v) is 3.31. The van der Waals surface area contributed by atoms with E-state index in [1.807, 2.05) is 0 Å². The first-order chi connectivity index (χ1) is 8.11. The number of amides is 1. The van der Waals surface area contributed by atoms with E-state index in [-0.39, 0.29) is 37.3 Å². The Morgan fingerprint density at radius 3 is 2.82 bits per heavy atom. The van der Waals surface area contributed by atoms with Crippen LogP contribution in [0.4, 0.5) is 6.01 Å². The number of nitrogens with zero attached hydrogens (tertiary/aromatic N) is 3. The molecule has 0 aliphatic carbocycles. The van der Waals surface area contributed by atoms with Crippen LogP contribution in [0.3, 0.4) is 0 Å². The molecule has 0 saturated carbocycles. The molecule has 0 aromatic carbocycles. The van der Waals surface area contributed by atoms with Gasteiger partial charge in [-0.05, 0) is 6.92 Å². The summed E-state index contributed by atoms with van der Waals surface area (Å²) in [4.78, 5) is 34.7. The first-order valence-electron chi connectivity index (χ1n) is 4.94. The number of carbonyl (C=O) groups is 3. The van der Waals surface area contributed by atoms with Crippen molar-refractivity contribution in [2.24, 2.45) is 0 Å². The molecule has 0 spiro atoms. The predicted octanol–water partition coefficient (Wildman–Crippen LogP) is -0.448. The molecule has 1 aliphatic heterocycles. The number of hydrogen-bond acceptors (Lipinski definition) is 7. The maximum Gasteiger partial charge on any atom is 0.396 e. The molecule has 0 unspecified atom stereocenters. The lowest BCUT2D eigenvalue weighted by Gasteiger charge is -2.06. The van der Waals surface area contributed by atoms with Gasteiger partial charge in [0, 0.05) is 0 Å². The third-order valence-corrected chi connectivity index (χ3v) is 2.08. The predicted molar refractivity (Wildman–Crippen MR) is 52.2 cm³/mol. The molecule has 1 saturated heterocycles. The Balaban J connectivity index is 2.16. The van der Waals surface area contributed by atoms with E-state index in [9.17, 15) is 14.4 Å². The minimum absolute atomic E-state index is 0.108. The summed E-state index contributed by atoms with van der Waals surface area (Å²) in [6, 6.07) is -0.163. The fourth-order valence-electron chi connectivity index (χ4n) is 1.36. The number of anilines is 1. The van der Waals surface area contributed by atoms with Crippen LogP contribution in [-0.2, 0) is 14.3 Å². The van der Waals surface area contributed by atoms with E-state index in [2.05, 4.69) is 14.9 Å². The number of esters is 1. The zero-order chi connectivity index (χ0) is 12.4. The van der Waals surface area contributed by atoms with Crippen molar-refractivity contribution in [1.82, 2.24) is 10.2 Å². The quantitative estimate of drug-likeness (QED) is 0.520. The zero-order valence-corrected chi connectivity index (χ0v) is 9.00. The Morgan fingerprint density at radius 1 is 1.47 bits per heavy atom. The molecular formula is C9H9N3O5. The maximum atomic E-state index is 11.4. The Bertz CT molecular complexity index is 481. The van der Waals surface area contributed by atoms with E-state index in [0.717, 1.165) is 4.90 Å². The average molecular weight is 239 g/mol. The average Bonchev–Trinajstić information content (AvgIpc) is 2.85. The molecule has 0 bridgehead atoms. The summed E-state index contributed by atoms with van der Waals surface area (Å²) in [6.07, 6.45) is -0.183. The van der Waals surface area contributed by atoms with Crippen LogP contribution in [0.2, 0.25) is 0 Å². The van der Waals surface area contributed by atoms with Crippen LogP contribution in [0.1, 0.15) is 24.0 Å². The lowest BCUT2D eigenvalue weighted by Crippen LogP contribution is -2.24. The summed E-state index contributed by atoms with van der Waals surface area (Å²) in [5.74, 6) is -1.75. The molecule has 2 heterocycles. The summed E-state index contributed by atoms with van der Waals surface area (Å²) in [5.41, 5.74) is 0. The molecule has 2 rings (SSSR count). The molecule has 1 aromatic heterocycles. The number of ether oxygens (including phenoxy) is 1. The van der Waals surface area contributed by atoms with Crippen molar-refractivity contribution in [3.8, 4) is 0 Å². The second-order valence-electron chi connectivity index (χ2n) is 3.31. The lowest BCUT2D eigenvalue weighted by atomic mass is 10.3. The SMILES string of the molecule is CCOC(=O)c1nnc(N2CC(=O)CC2=O)o1. The lowest BCUT2D eigenvalue weighted by molar-refractivity contribution is -0.121. The summed E-state index contributed by atoms with van der Waals surface area (Å²) in [6.45, 7) is 1.71. The highest BCUT2D eigenvalue weighted by atomic mass is 16.5. The summed E-state index contributed by atoms with van der Waals surface area (Å²) in [7, 11) is 0. The van der Waals surface area contributed by atoms with Gasteiger partial charge in [0.05, 0.1) is 19.6 Å². The molecule has 0 atom stereocenters. The van der Waals surface area contributed by atoms with Crippen molar-refractivity contribution >= 4 is 23.7 Å². The van der Waals surface area contributed by atoms with Crippen molar-refractivity contribution in [3.05, 3.63) is 5.89 Å². The highest BCUT2D eigenvalue weighted by Crippen LogP contribution is 2.18. The molecule has 1 fully saturated rings. The van der Waals surface area contributed by atoms with E-state index in [4.69, 9.17) is 4.42 Å². The van der Waals surface area contributed by atoms with Crippen LogP contribution < -0.4 is 4.90 Å². The van der Waals surface area contributed by atoms with Gasteiger partial charge in [0.1, 0.15) is 0 Å². The number of carbonyl (C=O) groups excluding carboxylic acids is 3. The van der Waals surface area contributed by atoms with Gasteiger partial charge in [-0.1, -0.05) is 10.2 Å². The van der Waals surface area contributed by atoms with Crippen molar-refractivity contribution < 1.29 is 23.5 Å². The monoisotopic (exact) mass is 239 g/mol. The Labute approximate surface area is 95.5 Å². The summed E-state index contributed by atoms with van der Waals surface area (Å²) >= 11 is 0. The Kier molecular flexibility index (Phi) is 2.86. The molecule has 1 aromatic rings. The van der Waals surface area contributed by atoms with E-state index in [1.165, 1.54) is 0 Å². The summed E-state index contributed by atoms with van der Waals surface area (Å²) in [5, 5.41) is 6.96. The van der Waals surface area contributed by atoms with Gasteiger partial charge in [0.2, 0.25) is 5.91 Å². The van der Waals surface area contributed by atoms with Crippen molar-refractivity contribution in [2.75, 3.05) is 18.1 Å². The minimum atomic E-state index is -0.760. The highest BCUT2D eigenvalue weighted by Gasteiger charge is 2.33. The number of hydrogen-bond donors (Lipinski definition) is 0. The minimum Gasteiger partial charge on any atom is -0.459 e. The van der Waals surface area contributed by atoms with Gasteiger partial charge in [-0.25, -0.2) is 4.79 Å². The number of rotatable bonds is 3. The van der Waals surface area contributed by atoms with Crippen LogP contribution in [0.15, 0.2) is 4.42 Å². The maximum absolute atomic E-state index is 11.4. The third-order valence-electron chi connectivity index (χ3n) is 2.08. The Morgan fingerprint density at radius 2 is 2.24 bits per heavy atom. The largest absolute Gasteiger partial charge is 0.459 e. The summed E-state index contributed by atoms with van der Waals surface area (Å²) < 4.78 is 9.60. The highest BCUT2D eigenvalue weighted by molar-refractivity contribution is 6.14. The number of aromatic nitrogens is 2. The van der Waals surface area contributed by atoms with Crippen molar-refractivity contribution in [2.45, 2.75) is 13.3 Å². The molecule has 0 N–H and O–H groups in total. The molecule has 0 radical (unpaired) electrons. The topological polar surface area (TPSA) is 103 Å². The van der Waals surface area contributed by atoms with Crippen LogP contribution in [0, 0.1) is 0 Å². The number of ketones is 1. The molecule has 8 nitrogen and oxygen atoms in total. The van der Waals surface area contributed by atoms with Gasteiger partial charge in [0.25, 0.3) is 0 Å². The van der Waals surface area contributed by atoms with E-state index >= 15 is 0 Å². The fourth-order valence-corrected chi connectivity index (χ4v) is 1.36. The van der Waals surface area contributed by atoms with Crippen LogP contribution in [0.25, 0.3) is 0 Å². The second kappa shape index (κ2) is 4.32. The van der Waals surface area contributed by atoms with Gasteiger partial charge >= 0.3 is 17.9 Å². The van der Waals surface area contributed by atoms with Gasteiger partial charge in [0.15, 0.2) is 5.78 Å². The first-order valence-corrected chi connectivity index (χ1v) is 4.94. The smallest absolute Gasteiger partial charge is 0.396 e. The fraction of sp³-hybridized carbons (Fsp3) is 0.444. The zero-order valence-electron chi connectivity index (χ0n) is 9.00. The van der Waals surface area contributed by atoms with Crippen LogP contribution in [0.5, 0.6) is 0 Å². The van der Waals surface area contributed by atoms with Crippen LogP contribution >= 0.6 is 0 Å². The molecule has 8 heteroatoms. The van der Waals surface area contributed by atoms with Crippen LogP contribution in [-0.4, -0.2) is 41.0 Å². The first kappa shape index (κ1) is 11.2. The molecular weight excluding hydrogens is 230 g/mol. The molecule has 17 heavy (non-hydrogen) atoms. The number of Topliss-reactive ketones (excluding diaryl/α,β-unsaturated/α-hetero) is 1. The van der Waals surface area contributed by atoms with Crippen molar-refractivity contribution in [3.63, 3.8) is 0 Å². The molecule has 1 amide bonds. The van der Waals surface area contributed by atoms with E-state index in [0.29, 0.717) is 0 Å². The Hall–Kier alpha value is -2.25. The normalized spacial score (nSPS) is 15.5. The molecule has 90 valence electrons. The molecule has 1 aliphatic rings. The van der Waals surface area contributed by atoms with Gasteiger partial charge < -0.3 is 9.15 Å². The van der Waals surface area contributed by atoms with Crippen molar-refractivity contribution in [1.29, 1.82) is 0 Å². The standard InChI is InChI=1S/C9H9N3O5/c1-2-16-8(15)7-10-11-9(17-7)12-4-5(13)3-6(12)14/h2-4H2,1H3. The van der Waals surface area contributed by atoms with Gasteiger partial charge in [-0.2, -0.15) is 0 Å². The third kappa shape index (κ3) is 2.14. The van der Waals surface area contributed by atoms with Gasteiger partial charge in [-0.3, -0.25) is 14.5 Å². The van der Waals surface area contributed by atoms with Gasteiger partial charge in [-0.15, -0.1) is 0 Å².